The third-order valence-electron chi connectivity index (χ3n) is 2.95. The maximum atomic E-state index is 12.5. The molecule has 1 aromatic carbocycles. The van der Waals surface area contributed by atoms with E-state index in [2.05, 4.69) is 10.3 Å². The normalized spacial score (nSPS) is 11.8. The van der Waals surface area contributed by atoms with Gasteiger partial charge in [-0.25, -0.2) is 0 Å². The lowest BCUT2D eigenvalue weighted by molar-refractivity contribution is -0.137. The summed E-state index contributed by atoms with van der Waals surface area (Å²) in [7, 11) is 3.44. The van der Waals surface area contributed by atoms with Crippen LogP contribution in [-0.2, 0) is 17.5 Å². The molecule has 0 spiro atoms. The molecule has 0 aliphatic heterocycles. The second kappa shape index (κ2) is 10.7. The Labute approximate surface area is 152 Å². The van der Waals surface area contributed by atoms with Gasteiger partial charge in [-0.15, -0.1) is 24.0 Å². The molecule has 0 bridgehead atoms. The zero-order chi connectivity index (χ0) is 16.6. The van der Waals surface area contributed by atoms with Crippen molar-refractivity contribution in [1.82, 2.24) is 10.2 Å². The molecular weight excluding hydrogens is 422 g/mol. The second-order valence-corrected chi connectivity index (χ2v) is 4.78. The fraction of sp³-hybridized carbons (Fsp3) is 0.533. The van der Waals surface area contributed by atoms with Crippen molar-refractivity contribution in [1.29, 1.82) is 0 Å². The van der Waals surface area contributed by atoms with Gasteiger partial charge in [0.05, 0.1) is 18.7 Å². The molecule has 0 aliphatic carbocycles. The molecular formula is C15H23F3IN3O. The van der Waals surface area contributed by atoms with Crippen LogP contribution in [0.2, 0.25) is 0 Å². The van der Waals surface area contributed by atoms with E-state index in [-0.39, 0.29) is 24.0 Å². The summed E-state index contributed by atoms with van der Waals surface area (Å²) >= 11 is 0. The number of methoxy groups -OCH3 is 1. The lowest BCUT2D eigenvalue weighted by Gasteiger charge is -2.22. The standard InChI is InChI=1S/C15H22F3N3O.HI/c1-4-19-14(20-9-10-22-3)21(2)11-12-5-7-13(8-6-12)15(16,17)18;/h5-8H,4,9-11H2,1-3H3,(H,19,20);1H. The van der Waals surface area contributed by atoms with Crippen molar-refractivity contribution in [2.24, 2.45) is 4.99 Å². The van der Waals surface area contributed by atoms with E-state index in [1.165, 1.54) is 12.1 Å². The number of benzene rings is 1. The summed E-state index contributed by atoms with van der Waals surface area (Å²) in [6, 6.07) is 5.16. The molecule has 23 heavy (non-hydrogen) atoms. The van der Waals surface area contributed by atoms with E-state index in [1.54, 1.807) is 7.11 Å². The van der Waals surface area contributed by atoms with E-state index in [0.29, 0.717) is 32.2 Å². The van der Waals surface area contributed by atoms with Crippen molar-refractivity contribution in [2.75, 3.05) is 33.9 Å². The first kappa shape index (κ1) is 22.0. The molecule has 0 saturated heterocycles. The highest BCUT2D eigenvalue weighted by Gasteiger charge is 2.29. The monoisotopic (exact) mass is 445 g/mol. The average Bonchev–Trinajstić information content (AvgIpc) is 2.46. The molecule has 1 aromatic rings. The van der Waals surface area contributed by atoms with Crippen LogP contribution in [0.4, 0.5) is 13.2 Å². The smallest absolute Gasteiger partial charge is 0.383 e. The number of rotatable bonds is 6. The zero-order valence-electron chi connectivity index (χ0n) is 13.5. The Kier molecular flexibility index (Phi) is 10.2. The van der Waals surface area contributed by atoms with Crippen LogP contribution in [0, 0.1) is 0 Å². The number of aliphatic imine (C=N–C) groups is 1. The van der Waals surface area contributed by atoms with Gasteiger partial charge < -0.3 is 15.0 Å². The zero-order valence-corrected chi connectivity index (χ0v) is 15.8. The molecule has 0 atom stereocenters. The highest BCUT2D eigenvalue weighted by atomic mass is 127. The van der Waals surface area contributed by atoms with Crippen molar-refractivity contribution in [3.05, 3.63) is 35.4 Å². The molecule has 0 heterocycles. The Morgan fingerprint density at radius 3 is 2.35 bits per heavy atom. The number of hydrogen-bond acceptors (Lipinski definition) is 2. The summed E-state index contributed by atoms with van der Waals surface area (Å²) in [5, 5.41) is 3.14. The summed E-state index contributed by atoms with van der Waals surface area (Å²) in [5.41, 5.74) is 0.146. The number of alkyl halides is 3. The quantitative estimate of drug-likeness (QED) is 0.316. The molecule has 0 radical (unpaired) electrons. The molecule has 0 unspecified atom stereocenters. The van der Waals surface area contributed by atoms with Gasteiger partial charge in [0.15, 0.2) is 5.96 Å². The van der Waals surface area contributed by atoms with Gasteiger partial charge in [0.2, 0.25) is 0 Å². The van der Waals surface area contributed by atoms with Gasteiger partial charge >= 0.3 is 6.18 Å². The van der Waals surface area contributed by atoms with Crippen LogP contribution in [0.3, 0.4) is 0 Å². The summed E-state index contributed by atoms with van der Waals surface area (Å²) in [4.78, 5) is 6.25. The molecule has 0 saturated carbocycles. The van der Waals surface area contributed by atoms with E-state index in [4.69, 9.17) is 4.74 Å². The first-order valence-corrected chi connectivity index (χ1v) is 7.03. The molecule has 4 nitrogen and oxygen atoms in total. The van der Waals surface area contributed by atoms with Crippen molar-refractivity contribution in [3.8, 4) is 0 Å². The molecule has 8 heteroatoms. The number of guanidine groups is 1. The van der Waals surface area contributed by atoms with Crippen molar-refractivity contribution in [3.63, 3.8) is 0 Å². The Hall–Kier alpha value is -1.03. The van der Waals surface area contributed by atoms with Gasteiger partial charge in [0.25, 0.3) is 0 Å². The first-order chi connectivity index (χ1) is 10.4. The van der Waals surface area contributed by atoms with E-state index in [9.17, 15) is 13.2 Å². The van der Waals surface area contributed by atoms with Gasteiger partial charge in [0, 0.05) is 27.2 Å². The van der Waals surface area contributed by atoms with Crippen LogP contribution in [0.15, 0.2) is 29.3 Å². The van der Waals surface area contributed by atoms with Crippen LogP contribution >= 0.6 is 24.0 Å². The summed E-state index contributed by atoms with van der Waals surface area (Å²) in [6.45, 7) is 4.18. The maximum absolute atomic E-state index is 12.5. The van der Waals surface area contributed by atoms with E-state index >= 15 is 0 Å². The molecule has 132 valence electrons. The Morgan fingerprint density at radius 2 is 1.87 bits per heavy atom. The minimum absolute atomic E-state index is 0. The van der Waals surface area contributed by atoms with Crippen molar-refractivity contribution >= 4 is 29.9 Å². The summed E-state index contributed by atoms with van der Waals surface area (Å²) in [6.07, 6.45) is -4.30. The molecule has 0 fully saturated rings. The SMILES string of the molecule is CCNC(=NCCOC)N(C)Cc1ccc(C(F)(F)F)cc1.I. The molecule has 1 N–H and O–H groups in total. The Morgan fingerprint density at radius 1 is 1.26 bits per heavy atom. The highest BCUT2D eigenvalue weighted by molar-refractivity contribution is 14.0. The lowest BCUT2D eigenvalue weighted by atomic mass is 10.1. The van der Waals surface area contributed by atoms with Gasteiger partial charge in [-0.3, -0.25) is 4.99 Å². The fourth-order valence-corrected chi connectivity index (χ4v) is 1.86. The summed E-state index contributed by atoms with van der Waals surface area (Å²) in [5.74, 6) is 0.694. The number of nitrogens with one attached hydrogen (secondary N) is 1. The minimum Gasteiger partial charge on any atom is -0.383 e. The fourth-order valence-electron chi connectivity index (χ4n) is 1.86. The number of hydrogen-bond donors (Lipinski definition) is 1. The number of halogens is 4. The molecule has 0 amide bonds. The first-order valence-electron chi connectivity index (χ1n) is 7.03. The topological polar surface area (TPSA) is 36.9 Å². The largest absolute Gasteiger partial charge is 0.416 e. The molecule has 0 aliphatic rings. The minimum atomic E-state index is -4.30. The van der Waals surface area contributed by atoms with Crippen LogP contribution in [-0.4, -0.2) is 44.7 Å². The Bertz CT molecular complexity index is 478. The average molecular weight is 445 g/mol. The van der Waals surface area contributed by atoms with E-state index in [0.717, 1.165) is 17.7 Å². The van der Waals surface area contributed by atoms with Crippen LogP contribution in [0.5, 0.6) is 0 Å². The third kappa shape index (κ3) is 7.87. The molecule has 0 aromatic heterocycles. The van der Waals surface area contributed by atoms with E-state index < -0.39 is 11.7 Å². The number of ether oxygens (including phenoxy) is 1. The van der Waals surface area contributed by atoms with Crippen LogP contribution < -0.4 is 5.32 Å². The second-order valence-electron chi connectivity index (χ2n) is 4.78. The van der Waals surface area contributed by atoms with Crippen LogP contribution in [0.25, 0.3) is 0 Å². The third-order valence-corrected chi connectivity index (χ3v) is 2.95. The maximum Gasteiger partial charge on any atom is 0.416 e. The lowest BCUT2D eigenvalue weighted by Crippen LogP contribution is -2.38. The van der Waals surface area contributed by atoms with E-state index in [1.807, 2.05) is 18.9 Å². The highest BCUT2D eigenvalue weighted by Crippen LogP contribution is 2.29. The van der Waals surface area contributed by atoms with Gasteiger partial charge in [-0.2, -0.15) is 13.2 Å². The van der Waals surface area contributed by atoms with Gasteiger partial charge in [-0.05, 0) is 24.6 Å². The van der Waals surface area contributed by atoms with Crippen molar-refractivity contribution < 1.29 is 17.9 Å². The Balaban J connectivity index is 0.00000484. The van der Waals surface area contributed by atoms with Gasteiger partial charge in [-0.1, -0.05) is 12.1 Å². The predicted octanol–water partition coefficient (Wildman–Crippen LogP) is 3.37. The van der Waals surface area contributed by atoms with Gasteiger partial charge in [0.1, 0.15) is 0 Å². The van der Waals surface area contributed by atoms with Crippen molar-refractivity contribution in [2.45, 2.75) is 19.6 Å². The summed E-state index contributed by atoms with van der Waals surface area (Å²) < 4.78 is 42.6. The molecule has 1 rings (SSSR count). The van der Waals surface area contributed by atoms with Crippen LogP contribution in [0.1, 0.15) is 18.1 Å². The predicted molar refractivity (Wildman–Crippen MR) is 96.2 cm³/mol. The number of nitrogens with zero attached hydrogens (tertiary/aromatic N) is 2.